The molecule has 15 heteroatoms. The van der Waals surface area contributed by atoms with Crippen molar-refractivity contribution in [3.8, 4) is 5.69 Å². The topological polar surface area (TPSA) is 151 Å². The zero-order valence-corrected chi connectivity index (χ0v) is 20.8. The van der Waals surface area contributed by atoms with E-state index in [4.69, 9.17) is 11.6 Å². The Kier molecular flexibility index (Phi) is 7.82. The van der Waals surface area contributed by atoms with Crippen molar-refractivity contribution in [2.75, 3.05) is 16.8 Å². The van der Waals surface area contributed by atoms with Gasteiger partial charge in [0, 0.05) is 28.9 Å². The van der Waals surface area contributed by atoms with Crippen molar-refractivity contribution < 1.29 is 4.79 Å². The first kappa shape index (κ1) is 24.2. The number of halogens is 1. The van der Waals surface area contributed by atoms with Gasteiger partial charge in [0.25, 0.3) is 5.56 Å². The molecule has 0 aliphatic rings. The zero-order chi connectivity index (χ0) is 24.1. The summed E-state index contributed by atoms with van der Waals surface area (Å²) in [7, 11) is 0. The number of aromatic amines is 2. The average molecular weight is 537 g/mol. The van der Waals surface area contributed by atoms with Crippen LogP contribution in [0.5, 0.6) is 0 Å². The van der Waals surface area contributed by atoms with Crippen molar-refractivity contribution in [1.29, 1.82) is 0 Å². The van der Waals surface area contributed by atoms with Gasteiger partial charge in [-0.05, 0) is 30.0 Å². The zero-order valence-electron chi connectivity index (χ0n) is 17.6. The van der Waals surface area contributed by atoms with Crippen LogP contribution in [0.3, 0.4) is 0 Å². The molecule has 0 radical (unpaired) electrons. The van der Waals surface area contributed by atoms with E-state index in [0.29, 0.717) is 32.5 Å². The maximum Gasteiger partial charge on any atom is 0.325 e. The Morgan fingerprint density at radius 2 is 1.91 bits per heavy atom. The van der Waals surface area contributed by atoms with Crippen LogP contribution in [0.2, 0.25) is 5.02 Å². The van der Waals surface area contributed by atoms with Gasteiger partial charge in [-0.1, -0.05) is 53.4 Å². The molecule has 3 heterocycles. The molecule has 0 unspecified atom stereocenters. The summed E-state index contributed by atoms with van der Waals surface area (Å²) >= 11 is 10.1. The monoisotopic (exact) mass is 536 g/mol. The van der Waals surface area contributed by atoms with E-state index in [1.54, 1.807) is 40.6 Å². The van der Waals surface area contributed by atoms with Gasteiger partial charge in [-0.15, -0.1) is 20.4 Å². The van der Waals surface area contributed by atoms with E-state index < -0.39 is 11.2 Å². The van der Waals surface area contributed by atoms with E-state index in [1.807, 2.05) is 6.92 Å². The standard InChI is InChI=1S/C19H17ClN8O3S3/c1-2-32-19-27-25-17(34-19)23-15(30)9-33-18-26-24-13(7-11-8-14(29)22-16(31)21-11)28(18)12-5-3-10(20)4-6-12/h3-6,8H,2,7,9H2,1H3,(H,23,25,30)(H2,21,22,29,31). The highest BCUT2D eigenvalue weighted by Crippen LogP contribution is 2.27. The molecule has 0 aliphatic carbocycles. The second kappa shape index (κ2) is 11.0. The van der Waals surface area contributed by atoms with Gasteiger partial charge in [0.15, 0.2) is 9.50 Å². The van der Waals surface area contributed by atoms with Gasteiger partial charge in [-0.3, -0.25) is 24.5 Å². The van der Waals surface area contributed by atoms with Gasteiger partial charge < -0.3 is 4.98 Å². The van der Waals surface area contributed by atoms with Gasteiger partial charge >= 0.3 is 5.69 Å². The number of rotatable bonds is 9. The van der Waals surface area contributed by atoms with E-state index in [1.165, 1.54) is 29.2 Å². The highest BCUT2D eigenvalue weighted by molar-refractivity contribution is 8.01. The van der Waals surface area contributed by atoms with Crippen LogP contribution in [0.4, 0.5) is 5.13 Å². The van der Waals surface area contributed by atoms with Crippen molar-refractivity contribution in [3.05, 3.63) is 67.7 Å². The summed E-state index contributed by atoms with van der Waals surface area (Å²) in [6, 6.07) is 8.30. The summed E-state index contributed by atoms with van der Waals surface area (Å²) < 4.78 is 2.53. The molecular weight excluding hydrogens is 520 g/mol. The molecule has 3 aromatic heterocycles. The molecule has 4 rings (SSSR count). The molecule has 34 heavy (non-hydrogen) atoms. The summed E-state index contributed by atoms with van der Waals surface area (Å²) in [5, 5.41) is 20.6. The molecule has 0 fully saturated rings. The summed E-state index contributed by atoms with van der Waals surface area (Å²) in [4.78, 5) is 40.5. The third kappa shape index (κ3) is 6.14. The number of benzene rings is 1. The molecule has 1 aromatic carbocycles. The normalized spacial score (nSPS) is 11.0. The molecule has 176 valence electrons. The quantitative estimate of drug-likeness (QED) is 0.216. The molecule has 0 saturated heterocycles. The Balaban J connectivity index is 1.55. The number of aromatic nitrogens is 7. The Labute approximate surface area is 209 Å². The van der Waals surface area contributed by atoms with E-state index in [9.17, 15) is 14.4 Å². The Bertz CT molecular complexity index is 1380. The Morgan fingerprint density at radius 1 is 1.12 bits per heavy atom. The Hall–Kier alpha value is -2.94. The maximum absolute atomic E-state index is 12.5. The van der Waals surface area contributed by atoms with Crippen molar-refractivity contribution in [2.24, 2.45) is 0 Å². The van der Waals surface area contributed by atoms with Crippen LogP contribution in [0.25, 0.3) is 5.69 Å². The highest BCUT2D eigenvalue weighted by Gasteiger charge is 2.18. The van der Waals surface area contributed by atoms with E-state index in [-0.39, 0.29) is 18.1 Å². The van der Waals surface area contributed by atoms with E-state index in [0.717, 1.165) is 10.1 Å². The molecule has 0 aliphatic heterocycles. The lowest BCUT2D eigenvalue weighted by atomic mass is 10.2. The summed E-state index contributed by atoms with van der Waals surface area (Å²) in [6.45, 7) is 2.01. The fraction of sp³-hybridized carbons (Fsp3) is 0.211. The fourth-order valence-electron chi connectivity index (χ4n) is 2.87. The number of hydrogen-bond donors (Lipinski definition) is 3. The average Bonchev–Trinajstić information content (AvgIpc) is 3.39. The van der Waals surface area contributed by atoms with Gasteiger partial charge in [0.1, 0.15) is 5.82 Å². The lowest BCUT2D eigenvalue weighted by molar-refractivity contribution is -0.113. The van der Waals surface area contributed by atoms with Crippen molar-refractivity contribution >= 4 is 57.5 Å². The smallest absolute Gasteiger partial charge is 0.311 e. The van der Waals surface area contributed by atoms with Crippen molar-refractivity contribution in [2.45, 2.75) is 22.8 Å². The van der Waals surface area contributed by atoms with E-state index in [2.05, 4.69) is 35.7 Å². The minimum Gasteiger partial charge on any atom is -0.311 e. The lowest BCUT2D eigenvalue weighted by Gasteiger charge is -2.10. The molecular formula is C19H17ClN8O3S3. The van der Waals surface area contributed by atoms with Crippen molar-refractivity contribution in [1.82, 2.24) is 34.9 Å². The molecule has 0 bridgehead atoms. The first-order chi connectivity index (χ1) is 16.4. The minimum absolute atomic E-state index is 0.0589. The van der Waals surface area contributed by atoms with Gasteiger partial charge in [0.05, 0.1) is 5.75 Å². The number of nitrogens with one attached hydrogen (secondary N) is 3. The van der Waals surface area contributed by atoms with Crippen LogP contribution in [0.15, 0.2) is 49.4 Å². The second-order valence-corrected chi connectivity index (χ2v) is 10.5. The van der Waals surface area contributed by atoms with Gasteiger partial charge in [-0.25, -0.2) is 4.79 Å². The predicted octanol–water partition coefficient (Wildman–Crippen LogP) is 2.58. The molecule has 1 amide bonds. The number of hydrogen-bond acceptors (Lipinski definition) is 10. The number of nitrogens with zero attached hydrogens (tertiary/aromatic N) is 5. The van der Waals surface area contributed by atoms with Crippen LogP contribution in [0.1, 0.15) is 18.4 Å². The predicted molar refractivity (Wildman–Crippen MR) is 133 cm³/mol. The minimum atomic E-state index is -0.608. The number of H-pyrrole nitrogens is 2. The van der Waals surface area contributed by atoms with Crippen LogP contribution in [-0.4, -0.2) is 52.3 Å². The number of anilines is 1. The van der Waals surface area contributed by atoms with Crippen LogP contribution in [0, 0.1) is 0 Å². The molecule has 0 spiro atoms. The van der Waals surface area contributed by atoms with E-state index >= 15 is 0 Å². The molecule has 0 saturated carbocycles. The maximum atomic E-state index is 12.5. The first-order valence-electron chi connectivity index (χ1n) is 9.83. The SMILES string of the molecule is CCSc1nnc(NC(=O)CSc2nnc(Cc3cc(=O)[nH]c(=O)[nH]3)n2-c2ccc(Cl)cc2)s1. The van der Waals surface area contributed by atoms with Crippen molar-refractivity contribution in [3.63, 3.8) is 0 Å². The second-order valence-electron chi connectivity index (χ2n) is 6.64. The first-order valence-corrected chi connectivity index (χ1v) is 13.0. The summed E-state index contributed by atoms with van der Waals surface area (Å²) in [5.74, 6) is 1.13. The summed E-state index contributed by atoms with van der Waals surface area (Å²) in [6.07, 6.45) is 0.143. The lowest BCUT2D eigenvalue weighted by Crippen LogP contribution is -2.23. The Morgan fingerprint density at radius 3 is 2.65 bits per heavy atom. The largest absolute Gasteiger partial charge is 0.325 e. The highest BCUT2D eigenvalue weighted by atomic mass is 35.5. The number of carbonyl (C=O) groups excluding carboxylic acids is 1. The number of thioether (sulfide) groups is 2. The number of amides is 1. The van der Waals surface area contributed by atoms with Crippen LogP contribution < -0.4 is 16.6 Å². The van der Waals surface area contributed by atoms with Gasteiger partial charge in [0.2, 0.25) is 11.0 Å². The van der Waals surface area contributed by atoms with Crippen LogP contribution in [-0.2, 0) is 11.2 Å². The van der Waals surface area contributed by atoms with Gasteiger partial charge in [-0.2, -0.15) is 0 Å². The number of carbonyl (C=O) groups is 1. The molecule has 11 nitrogen and oxygen atoms in total. The third-order valence-electron chi connectivity index (χ3n) is 4.20. The summed E-state index contributed by atoms with van der Waals surface area (Å²) in [5.41, 5.74) is -0.0317. The fourth-order valence-corrected chi connectivity index (χ4v) is 5.43. The third-order valence-corrected chi connectivity index (χ3v) is 7.24. The molecule has 0 atom stereocenters. The molecule has 3 N–H and O–H groups in total. The van der Waals surface area contributed by atoms with Crippen LogP contribution >= 0.6 is 46.5 Å². The molecule has 4 aromatic rings.